The number of aromatic nitrogens is 2. The number of aliphatic carboxylic acids is 1. The van der Waals surface area contributed by atoms with Gasteiger partial charge in [-0.1, -0.05) is 20.8 Å². The number of hydrogen-bond donors (Lipinski definition) is 2. The number of carbonyl (C=O) groups is 1. The first-order chi connectivity index (χ1) is 7.02. The molecule has 2 rings (SSSR count). The molecule has 1 aromatic rings. The van der Waals surface area contributed by atoms with Crippen molar-refractivity contribution < 1.29 is 9.90 Å². The van der Waals surface area contributed by atoms with Gasteiger partial charge in [0.2, 0.25) is 0 Å². The lowest BCUT2D eigenvalue weighted by atomic mass is 9.91. The van der Waals surface area contributed by atoms with Gasteiger partial charge in [0, 0.05) is 11.3 Å². The minimum Gasteiger partial charge on any atom is -0.481 e. The molecule has 0 aliphatic heterocycles. The van der Waals surface area contributed by atoms with E-state index in [4.69, 9.17) is 0 Å². The smallest absolute Gasteiger partial charge is 0.311 e. The molecule has 1 aromatic heterocycles. The predicted octanol–water partition coefficient (Wildman–Crippen LogP) is 1.89. The molecular formula is C11H16N2O2. The number of hydrogen-bond acceptors (Lipinski definition) is 2. The van der Waals surface area contributed by atoms with E-state index in [9.17, 15) is 9.90 Å². The summed E-state index contributed by atoms with van der Waals surface area (Å²) in [6.45, 7) is 6.06. The molecule has 0 amide bonds. The molecular weight excluding hydrogens is 192 g/mol. The van der Waals surface area contributed by atoms with Gasteiger partial charge in [0.15, 0.2) is 0 Å². The Morgan fingerprint density at radius 1 is 1.60 bits per heavy atom. The summed E-state index contributed by atoms with van der Waals surface area (Å²) in [6.07, 6.45) is 0.798. The predicted molar refractivity (Wildman–Crippen MR) is 55.9 cm³/mol. The fourth-order valence-corrected chi connectivity index (χ4v) is 2.44. The molecule has 2 atom stereocenters. The van der Waals surface area contributed by atoms with Gasteiger partial charge in [-0.2, -0.15) is 5.10 Å². The second-order valence-corrected chi connectivity index (χ2v) is 4.65. The number of nitrogens with zero attached hydrogens (tertiary/aromatic N) is 1. The molecule has 82 valence electrons. The van der Waals surface area contributed by atoms with Crippen molar-refractivity contribution in [2.45, 2.75) is 39.0 Å². The molecule has 0 spiro atoms. The highest BCUT2D eigenvalue weighted by atomic mass is 16.4. The molecule has 0 fully saturated rings. The maximum Gasteiger partial charge on any atom is 0.311 e. The van der Waals surface area contributed by atoms with E-state index in [1.54, 1.807) is 0 Å². The van der Waals surface area contributed by atoms with Crippen LogP contribution in [-0.4, -0.2) is 21.3 Å². The number of fused-ring (bicyclic) bond motifs is 1. The number of nitrogens with one attached hydrogen (secondary N) is 1. The summed E-state index contributed by atoms with van der Waals surface area (Å²) in [6, 6.07) is 0. The monoisotopic (exact) mass is 208 g/mol. The maximum absolute atomic E-state index is 11.2. The zero-order valence-corrected chi connectivity index (χ0v) is 9.24. The molecule has 0 aromatic carbocycles. The number of H-pyrrole nitrogens is 1. The Morgan fingerprint density at radius 2 is 2.27 bits per heavy atom. The molecule has 2 unspecified atom stereocenters. The average molecular weight is 208 g/mol. The zero-order valence-electron chi connectivity index (χ0n) is 9.24. The Morgan fingerprint density at radius 3 is 2.80 bits per heavy atom. The van der Waals surface area contributed by atoms with Crippen molar-refractivity contribution in [3.63, 3.8) is 0 Å². The molecule has 4 heteroatoms. The van der Waals surface area contributed by atoms with Crippen LogP contribution in [0.2, 0.25) is 0 Å². The second kappa shape index (κ2) is 3.36. The van der Waals surface area contributed by atoms with E-state index in [1.807, 2.05) is 20.8 Å². The molecule has 0 saturated heterocycles. The van der Waals surface area contributed by atoms with Crippen LogP contribution in [-0.2, 0) is 11.2 Å². The number of aromatic amines is 1. The van der Waals surface area contributed by atoms with Gasteiger partial charge < -0.3 is 5.11 Å². The van der Waals surface area contributed by atoms with Crippen molar-refractivity contribution in [3.8, 4) is 0 Å². The Balaban J connectivity index is 2.49. The van der Waals surface area contributed by atoms with Crippen molar-refractivity contribution in [1.82, 2.24) is 10.2 Å². The van der Waals surface area contributed by atoms with E-state index in [2.05, 4.69) is 10.2 Å². The van der Waals surface area contributed by atoms with Gasteiger partial charge in [-0.15, -0.1) is 0 Å². The summed E-state index contributed by atoms with van der Waals surface area (Å²) in [5, 5.41) is 16.4. The first-order valence-electron chi connectivity index (χ1n) is 5.32. The van der Waals surface area contributed by atoms with Gasteiger partial charge in [-0.05, 0) is 18.3 Å². The Bertz CT molecular complexity index is 395. The highest BCUT2D eigenvalue weighted by Gasteiger charge is 2.39. The highest BCUT2D eigenvalue weighted by molar-refractivity contribution is 5.78. The van der Waals surface area contributed by atoms with Gasteiger partial charge in [0.05, 0.1) is 11.6 Å². The van der Waals surface area contributed by atoms with E-state index >= 15 is 0 Å². The fraction of sp³-hybridized carbons (Fsp3) is 0.636. The van der Waals surface area contributed by atoms with Crippen LogP contribution in [0, 0.1) is 5.92 Å². The largest absolute Gasteiger partial charge is 0.481 e. The Hall–Kier alpha value is -1.32. The summed E-state index contributed by atoms with van der Waals surface area (Å²) >= 11 is 0. The SMILES string of the molecule is CC(C)c1n[nH]c2c1C(C(=O)O)C(C)C2. The molecule has 0 saturated carbocycles. The van der Waals surface area contributed by atoms with Crippen LogP contribution < -0.4 is 0 Å². The molecule has 15 heavy (non-hydrogen) atoms. The summed E-state index contributed by atoms with van der Waals surface area (Å²) in [7, 11) is 0. The first kappa shape index (κ1) is 10.2. The van der Waals surface area contributed by atoms with Crippen LogP contribution in [0.15, 0.2) is 0 Å². The molecule has 0 bridgehead atoms. The molecule has 1 heterocycles. The quantitative estimate of drug-likeness (QED) is 0.780. The third kappa shape index (κ3) is 1.44. The number of rotatable bonds is 2. The van der Waals surface area contributed by atoms with Gasteiger partial charge in [-0.3, -0.25) is 9.89 Å². The fourth-order valence-electron chi connectivity index (χ4n) is 2.44. The van der Waals surface area contributed by atoms with Gasteiger partial charge in [0.25, 0.3) is 0 Å². The average Bonchev–Trinajstić information content (AvgIpc) is 2.59. The number of carboxylic acid groups (broad SMARTS) is 1. The van der Waals surface area contributed by atoms with Crippen LogP contribution in [0.4, 0.5) is 0 Å². The maximum atomic E-state index is 11.2. The summed E-state index contributed by atoms with van der Waals surface area (Å²) in [5.74, 6) is -0.665. The topological polar surface area (TPSA) is 66.0 Å². The molecule has 1 aliphatic carbocycles. The summed E-state index contributed by atoms with van der Waals surface area (Å²) in [5.41, 5.74) is 2.87. The van der Waals surface area contributed by atoms with Gasteiger partial charge in [-0.25, -0.2) is 0 Å². The lowest BCUT2D eigenvalue weighted by Gasteiger charge is -2.13. The van der Waals surface area contributed by atoms with E-state index in [0.717, 1.165) is 23.4 Å². The molecule has 1 aliphatic rings. The second-order valence-electron chi connectivity index (χ2n) is 4.65. The van der Waals surface area contributed by atoms with Crippen molar-refractivity contribution >= 4 is 5.97 Å². The lowest BCUT2D eigenvalue weighted by Crippen LogP contribution is -2.16. The summed E-state index contributed by atoms with van der Waals surface area (Å²) in [4.78, 5) is 11.2. The molecule has 0 radical (unpaired) electrons. The minimum atomic E-state index is -0.732. The van der Waals surface area contributed by atoms with Crippen LogP contribution in [0.3, 0.4) is 0 Å². The zero-order chi connectivity index (χ0) is 11.2. The van der Waals surface area contributed by atoms with Crippen LogP contribution >= 0.6 is 0 Å². The lowest BCUT2D eigenvalue weighted by molar-refractivity contribution is -0.139. The standard InChI is InChI=1S/C11H16N2O2/c1-5(2)10-9-7(12-13-10)4-6(3)8(9)11(14)15/h5-6,8H,4H2,1-3H3,(H,12,13)(H,14,15). The third-order valence-electron chi connectivity index (χ3n) is 3.13. The highest BCUT2D eigenvalue weighted by Crippen LogP contribution is 2.40. The minimum absolute atomic E-state index is 0.171. The molecule has 4 nitrogen and oxygen atoms in total. The first-order valence-corrected chi connectivity index (χ1v) is 5.32. The van der Waals surface area contributed by atoms with E-state index < -0.39 is 5.97 Å². The number of carboxylic acids is 1. The van der Waals surface area contributed by atoms with Crippen molar-refractivity contribution in [2.75, 3.05) is 0 Å². The van der Waals surface area contributed by atoms with Crippen LogP contribution in [0.1, 0.15) is 49.6 Å². The van der Waals surface area contributed by atoms with Crippen molar-refractivity contribution in [1.29, 1.82) is 0 Å². The third-order valence-corrected chi connectivity index (χ3v) is 3.13. The van der Waals surface area contributed by atoms with E-state index in [0.29, 0.717) is 0 Å². The normalized spacial score (nSPS) is 24.5. The van der Waals surface area contributed by atoms with Crippen molar-refractivity contribution in [3.05, 3.63) is 17.0 Å². The van der Waals surface area contributed by atoms with E-state index in [-0.39, 0.29) is 17.8 Å². The summed E-state index contributed by atoms with van der Waals surface area (Å²) < 4.78 is 0. The molecule has 2 N–H and O–H groups in total. The van der Waals surface area contributed by atoms with E-state index in [1.165, 1.54) is 0 Å². The Kier molecular flexibility index (Phi) is 2.29. The van der Waals surface area contributed by atoms with Crippen molar-refractivity contribution in [2.24, 2.45) is 5.92 Å². The van der Waals surface area contributed by atoms with Crippen LogP contribution in [0.25, 0.3) is 0 Å². The Labute approximate surface area is 88.7 Å². The van der Waals surface area contributed by atoms with Crippen LogP contribution in [0.5, 0.6) is 0 Å². The van der Waals surface area contributed by atoms with Gasteiger partial charge in [0.1, 0.15) is 0 Å². The van der Waals surface area contributed by atoms with Gasteiger partial charge >= 0.3 is 5.97 Å².